The average Bonchev–Trinajstić information content (AvgIpc) is 2.25. The van der Waals surface area contributed by atoms with E-state index in [1.807, 2.05) is 32.0 Å². The first kappa shape index (κ1) is 12.0. The van der Waals surface area contributed by atoms with E-state index in [0.717, 1.165) is 18.4 Å². The van der Waals surface area contributed by atoms with Crippen LogP contribution in [0.3, 0.4) is 0 Å². The highest BCUT2D eigenvalue weighted by atomic mass is 16.1. The number of unbranched alkanes of at least 4 members (excludes halogenated alkanes) is 1. The van der Waals surface area contributed by atoms with Crippen molar-refractivity contribution in [2.75, 3.05) is 0 Å². The average molecular weight is 204 g/mol. The third-order valence-electron chi connectivity index (χ3n) is 2.61. The molecule has 0 aliphatic rings. The highest BCUT2D eigenvalue weighted by molar-refractivity contribution is 5.98. The fourth-order valence-corrected chi connectivity index (χ4v) is 1.66. The van der Waals surface area contributed by atoms with E-state index in [0.29, 0.717) is 0 Å². The molecule has 0 saturated heterocycles. The second-order valence-electron chi connectivity index (χ2n) is 4.28. The van der Waals surface area contributed by atoms with Gasteiger partial charge in [0.1, 0.15) is 0 Å². The van der Waals surface area contributed by atoms with Gasteiger partial charge in [0.05, 0.1) is 0 Å². The molecule has 0 aliphatic carbocycles. The summed E-state index contributed by atoms with van der Waals surface area (Å²) in [4.78, 5) is 11.9. The number of carbonyl (C=O) groups is 1. The number of rotatable bonds is 5. The Morgan fingerprint density at radius 1 is 1.27 bits per heavy atom. The van der Waals surface area contributed by atoms with Crippen LogP contribution in [0.4, 0.5) is 0 Å². The quantitative estimate of drug-likeness (QED) is 0.665. The molecule has 0 spiro atoms. The summed E-state index contributed by atoms with van der Waals surface area (Å²) in [7, 11) is 0. The van der Waals surface area contributed by atoms with Crippen LogP contribution in [0.1, 0.15) is 49.5 Å². The van der Waals surface area contributed by atoms with E-state index in [1.165, 1.54) is 12.0 Å². The number of carbonyl (C=O) groups excluding carboxylic acids is 1. The Kier molecular flexibility index (Phi) is 4.54. The van der Waals surface area contributed by atoms with E-state index in [1.54, 1.807) is 0 Å². The molecule has 0 N–H and O–H groups in total. The van der Waals surface area contributed by atoms with E-state index in [9.17, 15) is 4.79 Å². The number of aryl methyl sites for hydroxylation is 1. The van der Waals surface area contributed by atoms with Crippen LogP contribution >= 0.6 is 0 Å². The zero-order valence-electron chi connectivity index (χ0n) is 9.92. The van der Waals surface area contributed by atoms with Gasteiger partial charge in [-0.3, -0.25) is 4.79 Å². The normalized spacial score (nSPS) is 10.7. The van der Waals surface area contributed by atoms with Crippen LogP contribution in [0.15, 0.2) is 24.3 Å². The van der Waals surface area contributed by atoms with Gasteiger partial charge in [-0.25, -0.2) is 0 Å². The van der Waals surface area contributed by atoms with Gasteiger partial charge >= 0.3 is 0 Å². The third kappa shape index (κ3) is 3.19. The van der Waals surface area contributed by atoms with Crippen LogP contribution in [-0.2, 0) is 6.42 Å². The standard InChI is InChI=1S/C14H20O/c1-4-5-8-12-9-6-7-10-13(12)14(15)11(2)3/h6-7,9-11H,4-5,8H2,1-3H3. The van der Waals surface area contributed by atoms with Crippen LogP contribution in [0, 0.1) is 5.92 Å². The minimum atomic E-state index is 0.0905. The van der Waals surface area contributed by atoms with E-state index in [-0.39, 0.29) is 11.7 Å². The van der Waals surface area contributed by atoms with Crippen molar-refractivity contribution in [3.63, 3.8) is 0 Å². The maximum Gasteiger partial charge on any atom is 0.165 e. The van der Waals surface area contributed by atoms with E-state index in [4.69, 9.17) is 0 Å². The Morgan fingerprint density at radius 3 is 2.53 bits per heavy atom. The fourth-order valence-electron chi connectivity index (χ4n) is 1.66. The molecule has 1 nitrogen and oxygen atoms in total. The molecule has 0 radical (unpaired) electrons. The lowest BCUT2D eigenvalue weighted by Gasteiger charge is -2.09. The second kappa shape index (κ2) is 5.69. The van der Waals surface area contributed by atoms with Crippen LogP contribution in [0.2, 0.25) is 0 Å². The lowest BCUT2D eigenvalue weighted by molar-refractivity contribution is 0.0938. The lowest BCUT2D eigenvalue weighted by atomic mass is 9.94. The number of benzene rings is 1. The highest BCUT2D eigenvalue weighted by Gasteiger charge is 2.13. The van der Waals surface area contributed by atoms with E-state index in [2.05, 4.69) is 13.0 Å². The summed E-state index contributed by atoms with van der Waals surface area (Å²) in [6.07, 6.45) is 3.34. The molecule has 1 aromatic carbocycles. The summed E-state index contributed by atoms with van der Waals surface area (Å²) in [6.45, 7) is 6.09. The Balaban J connectivity index is 2.90. The van der Waals surface area contributed by atoms with Crippen LogP contribution in [0.25, 0.3) is 0 Å². The molecule has 0 amide bonds. The van der Waals surface area contributed by atoms with Gasteiger partial charge in [0.2, 0.25) is 0 Å². The number of Topliss-reactive ketones (excluding diaryl/α,β-unsaturated/α-hetero) is 1. The maximum atomic E-state index is 11.9. The summed E-state index contributed by atoms with van der Waals surface area (Å²) < 4.78 is 0. The largest absolute Gasteiger partial charge is 0.294 e. The molecule has 0 fully saturated rings. The molecule has 0 bridgehead atoms. The van der Waals surface area contributed by atoms with Crippen LogP contribution < -0.4 is 0 Å². The Morgan fingerprint density at radius 2 is 1.93 bits per heavy atom. The summed E-state index contributed by atoms with van der Waals surface area (Å²) in [5, 5.41) is 0. The first-order chi connectivity index (χ1) is 7.16. The van der Waals surface area contributed by atoms with Gasteiger partial charge in [0.15, 0.2) is 5.78 Å². The van der Waals surface area contributed by atoms with Gasteiger partial charge in [-0.1, -0.05) is 51.5 Å². The molecule has 0 atom stereocenters. The smallest absolute Gasteiger partial charge is 0.165 e. The number of ketones is 1. The maximum absolute atomic E-state index is 11.9. The molecule has 0 unspecified atom stereocenters. The molecule has 1 heteroatoms. The Labute approximate surface area is 92.5 Å². The summed E-state index contributed by atoms with van der Waals surface area (Å²) in [5.74, 6) is 0.356. The van der Waals surface area contributed by atoms with Crippen molar-refractivity contribution in [1.82, 2.24) is 0 Å². The molecule has 0 aliphatic heterocycles. The molecule has 1 aromatic rings. The third-order valence-corrected chi connectivity index (χ3v) is 2.61. The molecule has 15 heavy (non-hydrogen) atoms. The zero-order valence-corrected chi connectivity index (χ0v) is 9.92. The van der Waals surface area contributed by atoms with Crippen molar-refractivity contribution in [2.24, 2.45) is 5.92 Å². The van der Waals surface area contributed by atoms with E-state index < -0.39 is 0 Å². The van der Waals surface area contributed by atoms with Gasteiger partial charge in [-0.15, -0.1) is 0 Å². The van der Waals surface area contributed by atoms with E-state index >= 15 is 0 Å². The van der Waals surface area contributed by atoms with Gasteiger partial charge in [-0.05, 0) is 18.4 Å². The Bertz CT molecular complexity index is 326. The SMILES string of the molecule is CCCCc1ccccc1C(=O)C(C)C. The van der Waals surface area contributed by atoms with Crippen molar-refractivity contribution in [2.45, 2.75) is 40.0 Å². The molecular formula is C14H20O. The second-order valence-corrected chi connectivity index (χ2v) is 4.28. The zero-order chi connectivity index (χ0) is 11.3. The molecule has 0 saturated carbocycles. The predicted molar refractivity (Wildman–Crippen MR) is 64.2 cm³/mol. The van der Waals surface area contributed by atoms with Gasteiger partial charge in [0, 0.05) is 11.5 Å². The van der Waals surface area contributed by atoms with Crippen molar-refractivity contribution < 1.29 is 4.79 Å². The van der Waals surface area contributed by atoms with Crippen molar-refractivity contribution in [3.8, 4) is 0 Å². The molecular weight excluding hydrogens is 184 g/mol. The van der Waals surface area contributed by atoms with Crippen LogP contribution in [0.5, 0.6) is 0 Å². The van der Waals surface area contributed by atoms with Gasteiger partial charge in [-0.2, -0.15) is 0 Å². The molecule has 82 valence electrons. The van der Waals surface area contributed by atoms with Gasteiger partial charge in [0.25, 0.3) is 0 Å². The molecule has 0 heterocycles. The molecule has 1 rings (SSSR count). The van der Waals surface area contributed by atoms with Gasteiger partial charge < -0.3 is 0 Å². The first-order valence-electron chi connectivity index (χ1n) is 5.79. The topological polar surface area (TPSA) is 17.1 Å². The lowest BCUT2D eigenvalue weighted by Crippen LogP contribution is -2.10. The fraction of sp³-hybridized carbons (Fsp3) is 0.500. The van der Waals surface area contributed by atoms with Crippen LogP contribution in [-0.4, -0.2) is 5.78 Å². The minimum Gasteiger partial charge on any atom is -0.294 e. The summed E-state index contributed by atoms with van der Waals surface area (Å²) in [5.41, 5.74) is 2.12. The summed E-state index contributed by atoms with van der Waals surface area (Å²) in [6, 6.07) is 7.99. The van der Waals surface area contributed by atoms with Crippen molar-refractivity contribution >= 4 is 5.78 Å². The first-order valence-corrected chi connectivity index (χ1v) is 5.79. The van der Waals surface area contributed by atoms with Crippen molar-refractivity contribution in [3.05, 3.63) is 35.4 Å². The molecule has 0 aromatic heterocycles. The highest BCUT2D eigenvalue weighted by Crippen LogP contribution is 2.16. The summed E-state index contributed by atoms with van der Waals surface area (Å²) >= 11 is 0. The monoisotopic (exact) mass is 204 g/mol. The Hall–Kier alpha value is -1.11. The number of hydrogen-bond donors (Lipinski definition) is 0. The number of hydrogen-bond acceptors (Lipinski definition) is 1. The van der Waals surface area contributed by atoms with Crippen molar-refractivity contribution in [1.29, 1.82) is 0 Å². The minimum absolute atomic E-state index is 0.0905. The predicted octanol–water partition coefficient (Wildman–Crippen LogP) is 3.87.